The average molecular weight is 299 g/mol. The zero-order chi connectivity index (χ0) is 15.0. The standard InChI is InChI=1S/C13H21N3O3S/c1-3-8-14-12-7-5-6-11(16-12)13(17)15-9-10-20(18,19)4-2/h5-7H,3-4,8-10H2,1-2H3,(H,14,16)(H,15,17). The fraction of sp³-hybridized carbons (Fsp3) is 0.538. The molecule has 0 unspecified atom stereocenters. The van der Waals surface area contributed by atoms with Crippen molar-refractivity contribution in [2.45, 2.75) is 20.3 Å². The monoisotopic (exact) mass is 299 g/mol. The van der Waals surface area contributed by atoms with Crippen molar-refractivity contribution in [1.29, 1.82) is 0 Å². The summed E-state index contributed by atoms with van der Waals surface area (Å²) < 4.78 is 22.6. The zero-order valence-electron chi connectivity index (χ0n) is 11.8. The number of sulfone groups is 1. The Kier molecular flexibility index (Phi) is 6.44. The normalized spacial score (nSPS) is 11.1. The molecule has 0 aliphatic heterocycles. The number of hydrogen-bond acceptors (Lipinski definition) is 5. The van der Waals surface area contributed by atoms with Crippen molar-refractivity contribution in [2.24, 2.45) is 0 Å². The molecule has 1 rings (SSSR count). The second kappa shape index (κ2) is 7.84. The number of carbonyl (C=O) groups is 1. The highest BCUT2D eigenvalue weighted by atomic mass is 32.2. The maximum Gasteiger partial charge on any atom is 0.269 e. The number of carbonyl (C=O) groups excluding carboxylic acids is 1. The van der Waals surface area contributed by atoms with Crippen LogP contribution in [0.15, 0.2) is 18.2 Å². The van der Waals surface area contributed by atoms with E-state index >= 15 is 0 Å². The van der Waals surface area contributed by atoms with Gasteiger partial charge in [0.1, 0.15) is 11.5 Å². The van der Waals surface area contributed by atoms with Crippen LogP contribution in [0.5, 0.6) is 0 Å². The molecule has 1 heterocycles. The van der Waals surface area contributed by atoms with Crippen molar-refractivity contribution in [3.63, 3.8) is 0 Å². The molecular formula is C13H21N3O3S. The lowest BCUT2D eigenvalue weighted by molar-refractivity contribution is 0.0951. The highest BCUT2D eigenvalue weighted by Gasteiger charge is 2.11. The minimum absolute atomic E-state index is 0.0526. The molecular weight excluding hydrogens is 278 g/mol. The molecule has 1 aromatic heterocycles. The Morgan fingerprint density at radius 2 is 2.00 bits per heavy atom. The number of rotatable bonds is 8. The highest BCUT2D eigenvalue weighted by molar-refractivity contribution is 7.91. The van der Waals surface area contributed by atoms with Gasteiger partial charge in [-0.25, -0.2) is 13.4 Å². The Hall–Kier alpha value is -1.63. The molecule has 0 spiro atoms. The number of amides is 1. The quantitative estimate of drug-likeness (QED) is 0.749. The Morgan fingerprint density at radius 3 is 2.65 bits per heavy atom. The molecule has 2 N–H and O–H groups in total. The Morgan fingerprint density at radius 1 is 1.25 bits per heavy atom. The second-order valence-corrected chi connectivity index (χ2v) is 6.80. The van der Waals surface area contributed by atoms with Gasteiger partial charge in [0.05, 0.1) is 5.75 Å². The first kappa shape index (κ1) is 16.4. The Labute approximate surface area is 119 Å². The fourth-order valence-electron chi connectivity index (χ4n) is 1.47. The van der Waals surface area contributed by atoms with E-state index in [0.29, 0.717) is 5.82 Å². The summed E-state index contributed by atoms with van der Waals surface area (Å²) in [7, 11) is -3.06. The minimum Gasteiger partial charge on any atom is -0.370 e. The SMILES string of the molecule is CCCNc1cccc(C(=O)NCCS(=O)(=O)CC)n1. The fourth-order valence-corrected chi connectivity index (χ4v) is 2.17. The van der Waals surface area contributed by atoms with E-state index < -0.39 is 9.84 Å². The molecule has 0 fully saturated rings. The lowest BCUT2D eigenvalue weighted by Crippen LogP contribution is -2.30. The van der Waals surface area contributed by atoms with Crippen LogP contribution in [-0.4, -0.2) is 43.9 Å². The van der Waals surface area contributed by atoms with Crippen LogP contribution >= 0.6 is 0 Å². The molecule has 0 aliphatic carbocycles. The number of anilines is 1. The molecule has 0 saturated carbocycles. The van der Waals surface area contributed by atoms with Crippen LogP contribution in [0, 0.1) is 0 Å². The summed E-state index contributed by atoms with van der Waals surface area (Å²) in [5.74, 6) is 0.303. The molecule has 0 aromatic carbocycles. The first-order valence-electron chi connectivity index (χ1n) is 6.68. The van der Waals surface area contributed by atoms with Crippen molar-refractivity contribution in [2.75, 3.05) is 29.9 Å². The van der Waals surface area contributed by atoms with Crippen LogP contribution < -0.4 is 10.6 Å². The number of aromatic nitrogens is 1. The first-order valence-corrected chi connectivity index (χ1v) is 8.50. The molecule has 112 valence electrons. The van der Waals surface area contributed by atoms with E-state index in [-0.39, 0.29) is 29.7 Å². The molecule has 0 atom stereocenters. The molecule has 20 heavy (non-hydrogen) atoms. The smallest absolute Gasteiger partial charge is 0.269 e. The summed E-state index contributed by atoms with van der Waals surface area (Å²) >= 11 is 0. The summed E-state index contributed by atoms with van der Waals surface area (Å²) in [5.41, 5.74) is 0.278. The molecule has 0 aliphatic rings. The summed E-state index contributed by atoms with van der Waals surface area (Å²) in [6.45, 7) is 4.51. The summed E-state index contributed by atoms with van der Waals surface area (Å²) in [6, 6.07) is 5.12. The average Bonchev–Trinajstić information content (AvgIpc) is 2.45. The Bertz CT molecular complexity index is 544. The zero-order valence-corrected chi connectivity index (χ0v) is 12.7. The van der Waals surface area contributed by atoms with Gasteiger partial charge in [-0.1, -0.05) is 19.9 Å². The van der Waals surface area contributed by atoms with Gasteiger partial charge < -0.3 is 10.6 Å². The summed E-state index contributed by atoms with van der Waals surface area (Å²) in [6.07, 6.45) is 0.965. The third kappa shape index (κ3) is 5.56. The summed E-state index contributed by atoms with van der Waals surface area (Å²) in [4.78, 5) is 16.0. The van der Waals surface area contributed by atoms with Crippen molar-refractivity contribution in [3.05, 3.63) is 23.9 Å². The van der Waals surface area contributed by atoms with E-state index in [2.05, 4.69) is 15.6 Å². The molecule has 7 heteroatoms. The number of hydrogen-bond donors (Lipinski definition) is 2. The van der Waals surface area contributed by atoms with E-state index in [1.807, 2.05) is 6.92 Å². The largest absolute Gasteiger partial charge is 0.370 e. The van der Waals surface area contributed by atoms with Crippen molar-refractivity contribution >= 4 is 21.6 Å². The van der Waals surface area contributed by atoms with E-state index in [1.54, 1.807) is 25.1 Å². The van der Waals surface area contributed by atoms with Crippen molar-refractivity contribution < 1.29 is 13.2 Å². The molecule has 0 saturated heterocycles. The predicted octanol–water partition coefficient (Wildman–Crippen LogP) is 1.07. The van der Waals surface area contributed by atoms with Gasteiger partial charge >= 0.3 is 0 Å². The van der Waals surface area contributed by atoms with E-state index in [4.69, 9.17) is 0 Å². The molecule has 1 aromatic rings. The minimum atomic E-state index is -3.06. The molecule has 0 bridgehead atoms. The lowest BCUT2D eigenvalue weighted by atomic mass is 10.3. The van der Waals surface area contributed by atoms with Crippen LogP contribution in [0.1, 0.15) is 30.8 Å². The van der Waals surface area contributed by atoms with Gasteiger partial charge in [-0.15, -0.1) is 0 Å². The topological polar surface area (TPSA) is 88.2 Å². The molecule has 6 nitrogen and oxygen atoms in total. The third-order valence-electron chi connectivity index (χ3n) is 2.68. The van der Waals surface area contributed by atoms with E-state index in [0.717, 1.165) is 13.0 Å². The van der Waals surface area contributed by atoms with Crippen LogP contribution in [0.3, 0.4) is 0 Å². The number of pyridine rings is 1. The van der Waals surface area contributed by atoms with Crippen LogP contribution in [0.4, 0.5) is 5.82 Å². The van der Waals surface area contributed by atoms with Gasteiger partial charge in [-0.05, 0) is 18.6 Å². The Balaban J connectivity index is 2.55. The molecule has 1 amide bonds. The van der Waals surface area contributed by atoms with Gasteiger partial charge in [0.15, 0.2) is 9.84 Å². The molecule has 0 radical (unpaired) electrons. The van der Waals surface area contributed by atoms with E-state index in [1.165, 1.54) is 0 Å². The van der Waals surface area contributed by atoms with Crippen molar-refractivity contribution in [1.82, 2.24) is 10.3 Å². The summed E-state index contributed by atoms with van der Waals surface area (Å²) in [5, 5.41) is 5.66. The predicted molar refractivity (Wildman–Crippen MR) is 79.7 cm³/mol. The maximum atomic E-state index is 11.8. The maximum absolute atomic E-state index is 11.8. The second-order valence-electron chi connectivity index (χ2n) is 4.33. The van der Waals surface area contributed by atoms with Crippen molar-refractivity contribution in [3.8, 4) is 0 Å². The van der Waals surface area contributed by atoms with Gasteiger partial charge in [-0.2, -0.15) is 0 Å². The number of nitrogens with one attached hydrogen (secondary N) is 2. The van der Waals surface area contributed by atoms with E-state index in [9.17, 15) is 13.2 Å². The van der Waals surface area contributed by atoms with Gasteiger partial charge in [0.2, 0.25) is 0 Å². The van der Waals surface area contributed by atoms with Crippen LogP contribution in [0.25, 0.3) is 0 Å². The first-order chi connectivity index (χ1) is 9.48. The third-order valence-corrected chi connectivity index (χ3v) is 4.38. The van der Waals surface area contributed by atoms with Crippen LogP contribution in [0.2, 0.25) is 0 Å². The number of nitrogens with zero attached hydrogens (tertiary/aromatic N) is 1. The van der Waals surface area contributed by atoms with Crippen LogP contribution in [-0.2, 0) is 9.84 Å². The lowest BCUT2D eigenvalue weighted by Gasteiger charge is -2.07. The highest BCUT2D eigenvalue weighted by Crippen LogP contribution is 2.04. The van der Waals surface area contributed by atoms with Gasteiger partial charge in [0, 0.05) is 18.8 Å². The van der Waals surface area contributed by atoms with Gasteiger partial charge in [-0.3, -0.25) is 4.79 Å². The van der Waals surface area contributed by atoms with Gasteiger partial charge in [0.25, 0.3) is 5.91 Å².